The SMILES string of the molecule is CCOc1cc(C=C2N=C(c3ccccc3F)OC2=O)ccc1OC(=O)c1ccccc1. The van der Waals surface area contributed by atoms with Crippen LogP contribution in [0.3, 0.4) is 0 Å². The summed E-state index contributed by atoms with van der Waals surface area (Å²) in [5.74, 6) is -1.28. The Balaban J connectivity index is 1.61. The molecule has 0 aliphatic carbocycles. The number of aliphatic imine (C=N–C) groups is 1. The zero-order valence-corrected chi connectivity index (χ0v) is 17.1. The molecule has 4 rings (SSSR count). The van der Waals surface area contributed by atoms with Crippen molar-refractivity contribution in [2.45, 2.75) is 6.92 Å². The molecule has 0 N–H and O–H groups in total. The average Bonchev–Trinajstić information content (AvgIpc) is 3.16. The van der Waals surface area contributed by atoms with Crippen molar-refractivity contribution in [2.24, 2.45) is 4.99 Å². The number of ether oxygens (including phenoxy) is 3. The van der Waals surface area contributed by atoms with Gasteiger partial charge in [-0.15, -0.1) is 0 Å². The molecular formula is C25H18FNO5. The normalized spacial score (nSPS) is 14.1. The number of hydrogen-bond acceptors (Lipinski definition) is 6. The van der Waals surface area contributed by atoms with Gasteiger partial charge in [-0.05, 0) is 55.0 Å². The van der Waals surface area contributed by atoms with Crippen LogP contribution in [-0.2, 0) is 9.53 Å². The summed E-state index contributed by atoms with van der Waals surface area (Å²) < 4.78 is 30.2. The summed E-state index contributed by atoms with van der Waals surface area (Å²) in [4.78, 5) is 28.7. The van der Waals surface area contributed by atoms with Gasteiger partial charge >= 0.3 is 11.9 Å². The first-order chi connectivity index (χ1) is 15.5. The minimum atomic E-state index is -0.694. The van der Waals surface area contributed by atoms with Crippen molar-refractivity contribution in [3.05, 3.63) is 101 Å². The Labute approximate surface area is 183 Å². The summed E-state index contributed by atoms with van der Waals surface area (Å²) in [6.07, 6.45) is 1.49. The highest BCUT2D eigenvalue weighted by molar-refractivity contribution is 6.13. The number of rotatable bonds is 6. The zero-order valence-electron chi connectivity index (χ0n) is 17.1. The smallest absolute Gasteiger partial charge is 0.363 e. The number of carbonyl (C=O) groups is 2. The molecule has 1 aliphatic heterocycles. The first-order valence-corrected chi connectivity index (χ1v) is 9.86. The second-order valence-electron chi connectivity index (χ2n) is 6.71. The molecule has 0 spiro atoms. The molecule has 0 fully saturated rings. The van der Waals surface area contributed by atoms with Crippen molar-refractivity contribution in [1.29, 1.82) is 0 Å². The third-order valence-electron chi connectivity index (χ3n) is 4.51. The van der Waals surface area contributed by atoms with E-state index >= 15 is 0 Å². The van der Waals surface area contributed by atoms with E-state index in [2.05, 4.69) is 4.99 Å². The Bertz CT molecular complexity index is 1230. The first kappa shape index (κ1) is 21.0. The number of cyclic esters (lactones) is 1. The van der Waals surface area contributed by atoms with Crippen LogP contribution < -0.4 is 9.47 Å². The van der Waals surface area contributed by atoms with E-state index in [0.29, 0.717) is 23.5 Å². The minimum absolute atomic E-state index is 0.0136. The summed E-state index contributed by atoms with van der Waals surface area (Å²) in [5, 5.41) is 0. The molecule has 160 valence electrons. The van der Waals surface area contributed by atoms with Crippen molar-refractivity contribution < 1.29 is 28.2 Å². The molecule has 0 unspecified atom stereocenters. The van der Waals surface area contributed by atoms with Gasteiger partial charge in [0.25, 0.3) is 0 Å². The van der Waals surface area contributed by atoms with Gasteiger partial charge in [-0.3, -0.25) is 0 Å². The van der Waals surface area contributed by atoms with Crippen LogP contribution in [0.25, 0.3) is 6.08 Å². The number of carbonyl (C=O) groups excluding carboxylic acids is 2. The highest BCUT2D eigenvalue weighted by Gasteiger charge is 2.26. The molecule has 3 aromatic rings. The summed E-state index contributed by atoms with van der Waals surface area (Å²) in [6.45, 7) is 2.14. The van der Waals surface area contributed by atoms with E-state index in [0.717, 1.165) is 0 Å². The maximum atomic E-state index is 14.0. The highest BCUT2D eigenvalue weighted by atomic mass is 19.1. The van der Waals surface area contributed by atoms with Crippen LogP contribution in [0.2, 0.25) is 0 Å². The Morgan fingerprint density at radius 1 is 1.03 bits per heavy atom. The number of halogens is 1. The van der Waals surface area contributed by atoms with Gasteiger partial charge in [-0.1, -0.05) is 36.4 Å². The minimum Gasteiger partial charge on any atom is -0.490 e. The van der Waals surface area contributed by atoms with E-state index in [-0.39, 0.29) is 22.9 Å². The molecule has 7 heteroatoms. The van der Waals surface area contributed by atoms with Gasteiger partial charge in [0.15, 0.2) is 17.2 Å². The Morgan fingerprint density at radius 3 is 2.53 bits per heavy atom. The molecule has 0 amide bonds. The third-order valence-corrected chi connectivity index (χ3v) is 4.51. The predicted octanol–water partition coefficient (Wildman–Crippen LogP) is 4.79. The van der Waals surface area contributed by atoms with Crippen LogP contribution >= 0.6 is 0 Å². The summed E-state index contributed by atoms with van der Waals surface area (Å²) in [5.41, 5.74) is 1.09. The lowest BCUT2D eigenvalue weighted by Gasteiger charge is -2.11. The monoisotopic (exact) mass is 431 g/mol. The van der Waals surface area contributed by atoms with Crippen molar-refractivity contribution in [3.63, 3.8) is 0 Å². The standard InChI is InChI=1S/C25H18FNO5/c1-2-30-22-15-16(12-13-21(22)31-24(28)17-8-4-3-5-9-17)14-20-25(29)32-23(27-20)18-10-6-7-11-19(18)26/h3-15H,2H2,1H3. The number of hydrogen-bond donors (Lipinski definition) is 0. The van der Waals surface area contributed by atoms with Crippen LogP contribution in [0.4, 0.5) is 4.39 Å². The van der Waals surface area contributed by atoms with E-state index in [1.165, 1.54) is 24.3 Å². The molecule has 0 saturated carbocycles. The van der Waals surface area contributed by atoms with E-state index in [9.17, 15) is 14.0 Å². The quantitative estimate of drug-likeness (QED) is 0.319. The third kappa shape index (κ3) is 4.57. The van der Waals surface area contributed by atoms with Crippen molar-refractivity contribution in [1.82, 2.24) is 0 Å². The fourth-order valence-corrected chi connectivity index (χ4v) is 3.02. The molecule has 0 saturated heterocycles. The number of benzene rings is 3. The molecule has 0 atom stereocenters. The van der Waals surface area contributed by atoms with Gasteiger partial charge in [-0.2, -0.15) is 0 Å². The molecule has 1 aliphatic rings. The van der Waals surface area contributed by atoms with Crippen LogP contribution in [0.5, 0.6) is 11.5 Å². The Kier molecular flexibility index (Phi) is 6.07. The fourth-order valence-electron chi connectivity index (χ4n) is 3.02. The molecule has 6 nitrogen and oxygen atoms in total. The Hall–Kier alpha value is -4.26. The van der Waals surface area contributed by atoms with Crippen LogP contribution in [0.1, 0.15) is 28.4 Å². The van der Waals surface area contributed by atoms with Gasteiger partial charge in [0.05, 0.1) is 17.7 Å². The van der Waals surface area contributed by atoms with Gasteiger partial charge in [0.2, 0.25) is 5.90 Å². The topological polar surface area (TPSA) is 74.2 Å². The van der Waals surface area contributed by atoms with Crippen LogP contribution in [-0.4, -0.2) is 24.4 Å². The average molecular weight is 431 g/mol. The maximum absolute atomic E-state index is 14.0. The van der Waals surface area contributed by atoms with E-state index in [1.807, 2.05) is 0 Å². The second-order valence-corrected chi connectivity index (χ2v) is 6.71. The molecular weight excluding hydrogens is 413 g/mol. The summed E-state index contributed by atoms with van der Waals surface area (Å²) >= 11 is 0. The summed E-state index contributed by atoms with van der Waals surface area (Å²) in [6, 6.07) is 19.3. The van der Waals surface area contributed by atoms with E-state index < -0.39 is 17.8 Å². The summed E-state index contributed by atoms with van der Waals surface area (Å²) in [7, 11) is 0. The van der Waals surface area contributed by atoms with E-state index in [4.69, 9.17) is 14.2 Å². The van der Waals surface area contributed by atoms with E-state index in [1.54, 1.807) is 61.5 Å². The van der Waals surface area contributed by atoms with Crippen LogP contribution in [0, 0.1) is 5.82 Å². The zero-order chi connectivity index (χ0) is 22.5. The first-order valence-electron chi connectivity index (χ1n) is 9.86. The largest absolute Gasteiger partial charge is 0.490 e. The number of nitrogens with zero attached hydrogens (tertiary/aromatic N) is 1. The predicted molar refractivity (Wildman–Crippen MR) is 116 cm³/mol. The van der Waals surface area contributed by atoms with Gasteiger partial charge < -0.3 is 14.2 Å². The van der Waals surface area contributed by atoms with Crippen molar-refractivity contribution in [3.8, 4) is 11.5 Å². The fraction of sp³-hybridized carbons (Fsp3) is 0.0800. The van der Waals surface area contributed by atoms with Gasteiger partial charge in [0.1, 0.15) is 5.82 Å². The lowest BCUT2D eigenvalue weighted by molar-refractivity contribution is -0.129. The number of esters is 2. The molecule has 0 aromatic heterocycles. The van der Waals surface area contributed by atoms with Crippen molar-refractivity contribution in [2.75, 3.05) is 6.61 Å². The molecule has 3 aromatic carbocycles. The molecule has 1 heterocycles. The van der Waals surface area contributed by atoms with Gasteiger partial charge in [-0.25, -0.2) is 19.0 Å². The van der Waals surface area contributed by atoms with Crippen molar-refractivity contribution >= 4 is 23.9 Å². The van der Waals surface area contributed by atoms with Gasteiger partial charge in [0, 0.05) is 0 Å². The molecule has 0 radical (unpaired) electrons. The molecule has 0 bridgehead atoms. The lowest BCUT2D eigenvalue weighted by atomic mass is 10.1. The van der Waals surface area contributed by atoms with Crippen LogP contribution in [0.15, 0.2) is 83.5 Å². The lowest BCUT2D eigenvalue weighted by Crippen LogP contribution is -2.09. The Morgan fingerprint density at radius 2 is 1.78 bits per heavy atom. The second kappa shape index (κ2) is 9.26. The maximum Gasteiger partial charge on any atom is 0.363 e. The highest BCUT2D eigenvalue weighted by Crippen LogP contribution is 2.31. The molecule has 32 heavy (non-hydrogen) atoms.